The smallest absolute Gasteiger partial charge is 0.233 e. The summed E-state index contributed by atoms with van der Waals surface area (Å²) in [5.74, 6) is -1.52. The van der Waals surface area contributed by atoms with Crippen LogP contribution in [-0.4, -0.2) is 12.5 Å². The molecule has 110 valence electrons. The Balaban J connectivity index is 2.21. The van der Waals surface area contributed by atoms with Crippen LogP contribution in [0.5, 0.6) is 0 Å². The second-order valence-electron chi connectivity index (χ2n) is 4.44. The molecule has 2 rings (SSSR count). The average Bonchev–Trinajstić information content (AvgIpc) is 2.46. The molecule has 3 N–H and O–H groups in total. The summed E-state index contributed by atoms with van der Waals surface area (Å²) in [7, 11) is 0. The molecule has 0 heterocycles. The second kappa shape index (κ2) is 6.89. The predicted octanol–water partition coefficient (Wildman–Crippen LogP) is 3.81. The maximum absolute atomic E-state index is 13.3. The van der Waals surface area contributed by atoms with Gasteiger partial charge < -0.3 is 11.1 Å². The molecular formula is C15H13Cl2FN2O. The van der Waals surface area contributed by atoms with Crippen LogP contribution in [0.3, 0.4) is 0 Å². The molecule has 0 radical (unpaired) electrons. The van der Waals surface area contributed by atoms with Crippen LogP contribution in [0.4, 0.5) is 10.1 Å². The van der Waals surface area contributed by atoms with Gasteiger partial charge in [0.2, 0.25) is 5.91 Å². The number of nitrogens with two attached hydrogens (primary N) is 1. The fourth-order valence-electron chi connectivity index (χ4n) is 1.94. The molecule has 0 saturated heterocycles. The van der Waals surface area contributed by atoms with Crippen LogP contribution in [0.15, 0.2) is 42.5 Å². The van der Waals surface area contributed by atoms with E-state index in [4.69, 9.17) is 28.9 Å². The van der Waals surface area contributed by atoms with Crippen molar-refractivity contribution >= 4 is 34.8 Å². The highest BCUT2D eigenvalue weighted by Gasteiger charge is 2.19. The van der Waals surface area contributed by atoms with Gasteiger partial charge in [-0.15, -0.1) is 0 Å². The molecule has 0 bridgehead atoms. The van der Waals surface area contributed by atoms with Crippen molar-refractivity contribution in [3.8, 4) is 0 Å². The first kappa shape index (κ1) is 15.8. The van der Waals surface area contributed by atoms with Crippen LogP contribution in [0.1, 0.15) is 11.5 Å². The Hall–Kier alpha value is -1.62. The Labute approximate surface area is 131 Å². The molecule has 0 saturated carbocycles. The maximum atomic E-state index is 13.3. The van der Waals surface area contributed by atoms with Crippen molar-refractivity contribution in [1.29, 1.82) is 0 Å². The molecule has 1 atom stereocenters. The lowest BCUT2D eigenvalue weighted by atomic mass is 9.98. The molecule has 0 aliphatic carbocycles. The van der Waals surface area contributed by atoms with Crippen molar-refractivity contribution in [3.05, 3.63) is 63.9 Å². The van der Waals surface area contributed by atoms with Crippen LogP contribution in [0.2, 0.25) is 10.0 Å². The molecule has 21 heavy (non-hydrogen) atoms. The Bertz CT molecular complexity index is 626. The molecule has 0 fully saturated rings. The molecule has 6 heteroatoms. The number of carbonyl (C=O) groups excluding carboxylic acids is 1. The first-order chi connectivity index (χ1) is 10.0. The van der Waals surface area contributed by atoms with Gasteiger partial charge in [-0.1, -0.05) is 53.5 Å². The van der Waals surface area contributed by atoms with Gasteiger partial charge in [0.1, 0.15) is 0 Å². The zero-order valence-corrected chi connectivity index (χ0v) is 12.5. The van der Waals surface area contributed by atoms with Crippen LogP contribution in [0.25, 0.3) is 0 Å². The summed E-state index contributed by atoms with van der Waals surface area (Å²) < 4.78 is 13.3. The number of amides is 1. The van der Waals surface area contributed by atoms with Crippen LogP contribution in [0, 0.1) is 5.82 Å². The quantitative estimate of drug-likeness (QED) is 0.839. The molecular weight excluding hydrogens is 314 g/mol. The van der Waals surface area contributed by atoms with Crippen LogP contribution in [-0.2, 0) is 4.79 Å². The summed E-state index contributed by atoms with van der Waals surface area (Å²) in [5, 5.41) is 2.34. The molecule has 0 aromatic heterocycles. The third-order valence-electron chi connectivity index (χ3n) is 3.01. The van der Waals surface area contributed by atoms with Crippen LogP contribution < -0.4 is 11.1 Å². The lowest BCUT2D eigenvalue weighted by Crippen LogP contribution is -2.27. The molecule has 0 aliphatic rings. The van der Waals surface area contributed by atoms with Crippen molar-refractivity contribution < 1.29 is 9.18 Å². The standard InChI is InChI=1S/C15H13Cl2FN2O/c16-12-6-10(7-13(17)14(12)18)20-15(21)11(8-19)9-4-2-1-3-5-9/h1-7,11H,8,19H2,(H,20,21). The fourth-order valence-corrected chi connectivity index (χ4v) is 2.42. The third kappa shape index (κ3) is 3.73. The van der Waals surface area contributed by atoms with E-state index in [0.29, 0.717) is 5.69 Å². The van der Waals surface area contributed by atoms with Crippen molar-refractivity contribution in [2.24, 2.45) is 5.73 Å². The van der Waals surface area contributed by atoms with Gasteiger partial charge in [-0.25, -0.2) is 4.39 Å². The first-order valence-corrected chi connectivity index (χ1v) is 6.99. The normalized spacial score (nSPS) is 12.0. The Morgan fingerprint density at radius 2 is 1.76 bits per heavy atom. The Morgan fingerprint density at radius 1 is 1.19 bits per heavy atom. The zero-order valence-electron chi connectivity index (χ0n) is 10.9. The van der Waals surface area contributed by atoms with Gasteiger partial charge >= 0.3 is 0 Å². The van der Waals surface area contributed by atoms with Crippen molar-refractivity contribution in [2.75, 3.05) is 11.9 Å². The largest absolute Gasteiger partial charge is 0.329 e. The van der Waals surface area contributed by atoms with Gasteiger partial charge in [-0.2, -0.15) is 0 Å². The highest BCUT2D eigenvalue weighted by atomic mass is 35.5. The van der Waals surface area contributed by atoms with Crippen LogP contribution >= 0.6 is 23.2 Å². The van der Waals surface area contributed by atoms with E-state index in [9.17, 15) is 9.18 Å². The number of anilines is 1. The topological polar surface area (TPSA) is 55.1 Å². The highest BCUT2D eigenvalue weighted by Crippen LogP contribution is 2.28. The molecule has 0 spiro atoms. The summed E-state index contributed by atoms with van der Waals surface area (Å²) in [4.78, 5) is 12.3. The summed E-state index contributed by atoms with van der Waals surface area (Å²) in [6, 6.07) is 11.8. The number of halogens is 3. The minimum absolute atomic E-state index is 0.151. The predicted molar refractivity (Wildman–Crippen MR) is 83.3 cm³/mol. The van der Waals surface area contributed by atoms with E-state index in [2.05, 4.69) is 5.32 Å². The van der Waals surface area contributed by atoms with E-state index in [1.807, 2.05) is 30.3 Å². The zero-order chi connectivity index (χ0) is 15.4. The second-order valence-corrected chi connectivity index (χ2v) is 5.26. The van der Waals surface area contributed by atoms with E-state index in [-0.39, 0.29) is 22.5 Å². The summed E-state index contributed by atoms with van der Waals surface area (Å²) in [6.07, 6.45) is 0. The highest BCUT2D eigenvalue weighted by molar-refractivity contribution is 6.35. The first-order valence-electron chi connectivity index (χ1n) is 6.23. The lowest BCUT2D eigenvalue weighted by Gasteiger charge is -2.15. The average molecular weight is 327 g/mol. The third-order valence-corrected chi connectivity index (χ3v) is 3.56. The molecule has 1 unspecified atom stereocenters. The maximum Gasteiger partial charge on any atom is 0.233 e. The number of nitrogens with one attached hydrogen (secondary N) is 1. The van der Waals surface area contributed by atoms with E-state index in [1.165, 1.54) is 12.1 Å². The monoisotopic (exact) mass is 326 g/mol. The summed E-state index contributed by atoms with van der Waals surface area (Å²) in [5.41, 5.74) is 6.80. The molecule has 0 aliphatic heterocycles. The molecule has 1 amide bonds. The van der Waals surface area contributed by atoms with Gasteiger partial charge in [0.25, 0.3) is 0 Å². The molecule has 3 nitrogen and oxygen atoms in total. The van der Waals surface area contributed by atoms with Crippen molar-refractivity contribution in [2.45, 2.75) is 5.92 Å². The van der Waals surface area contributed by atoms with Crippen molar-refractivity contribution in [3.63, 3.8) is 0 Å². The minimum atomic E-state index is -0.713. The Kier molecular flexibility index (Phi) is 5.17. The van der Waals surface area contributed by atoms with E-state index >= 15 is 0 Å². The fraction of sp³-hybridized carbons (Fsp3) is 0.133. The molecule has 2 aromatic rings. The number of rotatable bonds is 4. The van der Waals surface area contributed by atoms with E-state index in [1.54, 1.807) is 0 Å². The number of benzene rings is 2. The summed E-state index contributed by atoms with van der Waals surface area (Å²) >= 11 is 11.4. The summed E-state index contributed by atoms with van der Waals surface area (Å²) in [6.45, 7) is 0.151. The lowest BCUT2D eigenvalue weighted by molar-refractivity contribution is -0.117. The Morgan fingerprint density at radius 3 is 2.29 bits per heavy atom. The van der Waals surface area contributed by atoms with Gasteiger partial charge in [0.15, 0.2) is 5.82 Å². The van der Waals surface area contributed by atoms with E-state index in [0.717, 1.165) is 5.56 Å². The van der Waals surface area contributed by atoms with E-state index < -0.39 is 11.7 Å². The van der Waals surface area contributed by atoms with Gasteiger partial charge in [-0.3, -0.25) is 4.79 Å². The van der Waals surface area contributed by atoms with Gasteiger partial charge in [-0.05, 0) is 17.7 Å². The molecule has 2 aromatic carbocycles. The van der Waals surface area contributed by atoms with Gasteiger partial charge in [0.05, 0.1) is 16.0 Å². The number of carbonyl (C=O) groups is 1. The SMILES string of the molecule is NCC(C(=O)Nc1cc(Cl)c(F)c(Cl)c1)c1ccccc1. The minimum Gasteiger partial charge on any atom is -0.329 e. The van der Waals surface area contributed by atoms with Gasteiger partial charge in [0, 0.05) is 12.2 Å². The number of hydrogen-bond acceptors (Lipinski definition) is 2. The number of hydrogen-bond donors (Lipinski definition) is 2. The van der Waals surface area contributed by atoms with Crippen molar-refractivity contribution in [1.82, 2.24) is 0 Å².